The first-order chi connectivity index (χ1) is 7.89. The van der Waals surface area contributed by atoms with Gasteiger partial charge in [0.05, 0.1) is 5.57 Å². The van der Waals surface area contributed by atoms with Crippen molar-refractivity contribution in [2.75, 3.05) is 0 Å². The van der Waals surface area contributed by atoms with E-state index in [2.05, 4.69) is 0 Å². The van der Waals surface area contributed by atoms with Crippen LogP contribution in [0.1, 0.15) is 5.56 Å². The fraction of sp³-hybridized carbons (Fsp3) is 0.182. The minimum atomic E-state index is -4.75. The minimum absolute atomic E-state index is 0.0276. The van der Waals surface area contributed by atoms with Crippen molar-refractivity contribution in [1.82, 2.24) is 0 Å². The number of alkyl halides is 3. The molecule has 1 atom stereocenters. The number of fused-ring (bicyclic) bond motifs is 1. The van der Waals surface area contributed by atoms with Gasteiger partial charge in [-0.05, 0) is 12.1 Å². The van der Waals surface area contributed by atoms with E-state index in [1.54, 1.807) is 6.07 Å². The Morgan fingerprint density at radius 3 is 2.53 bits per heavy atom. The van der Waals surface area contributed by atoms with Crippen LogP contribution in [0, 0.1) is 0 Å². The molecule has 0 radical (unpaired) electrons. The number of benzene rings is 1. The minimum Gasteiger partial charge on any atom is -0.478 e. The lowest BCUT2D eigenvalue weighted by molar-refractivity contribution is -0.187. The van der Waals surface area contributed by atoms with Gasteiger partial charge in [-0.2, -0.15) is 13.2 Å². The van der Waals surface area contributed by atoms with Crippen LogP contribution in [0.3, 0.4) is 0 Å². The third kappa shape index (κ3) is 2.11. The average molecular weight is 244 g/mol. The predicted molar refractivity (Wildman–Crippen MR) is 52.5 cm³/mol. The van der Waals surface area contributed by atoms with E-state index >= 15 is 0 Å². The second-order valence-electron chi connectivity index (χ2n) is 3.48. The summed E-state index contributed by atoms with van der Waals surface area (Å²) in [7, 11) is 0. The molecule has 3 nitrogen and oxygen atoms in total. The van der Waals surface area contributed by atoms with Crippen molar-refractivity contribution in [3.05, 3.63) is 35.4 Å². The first kappa shape index (κ1) is 11.5. The van der Waals surface area contributed by atoms with Gasteiger partial charge in [-0.25, -0.2) is 4.79 Å². The van der Waals surface area contributed by atoms with Gasteiger partial charge in [0.1, 0.15) is 5.75 Å². The van der Waals surface area contributed by atoms with Crippen molar-refractivity contribution in [2.24, 2.45) is 0 Å². The van der Waals surface area contributed by atoms with Crippen molar-refractivity contribution < 1.29 is 27.8 Å². The van der Waals surface area contributed by atoms with Crippen molar-refractivity contribution in [2.45, 2.75) is 12.3 Å². The van der Waals surface area contributed by atoms with Gasteiger partial charge >= 0.3 is 12.1 Å². The molecule has 1 N–H and O–H groups in total. The van der Waals surface area contributed by atoms with Gasteiger partial charge in [0.15, 0.2) is 0 Å². The van der Waals surface area contributed by atoms with Crippen LogP contribution in [-0.2, 0) is 4.79 Å². The summed E-state index contributed by atoms with van der Waals surface area (Å²) in [6.07, 6.45) is -6.19. The highest BCUT2D eigenvalue weighted by molar-refractivity contribution is 5.94. The summed E-state index contributed by atoms with van der Waals surface area (Å²) in [4.78, 5) is 10.8. The number of halogens is 3. The maximum atomic E-state index is 12.6. The van der Waals surface area contributed by atoms with Crippen LogP contribution in [0.4, 0.5) is 13.2 Å². The van der Waals surface area contributed by atoms with Crippen molar-refractivity contribution in [1.29, 1.82) is 0 Å². The monoisotopic (exact) mass is 244 g/mol. The Morgan fingerprint density at radius 1 is 1.29 bits per heavy atom. The van der Waals surface area contributed by atoms with E-state index in [1.807, 2.05) is 0 Å². The zero-order valence-electron chi connectivity index (χ0n) is 8.36. The highest BCUT2D eigenvalue weighted by Gasteiger charge is 2.48. The molecule has 6 heteroatoms. The second kappa shape index (κ2) is 3.80. The van der Waals surface area contributed by atoms with E-state index in [1.165, 1.54) is 18.2 Å². The van der Waals surface area contributed by atoms with E-state index in [9.17, 15) is 18.0 Å². The van der Waals surface area contributed by atoms with Crippen molar-refractivity contribution in [3.8, 4) is 5.75 Å². The van der Waals surface area contributed by atoms with Crippen LogP contribution < -0.4 is 4.74 Å². The molecule has 0 aliphatic carbocycles. The van der Waals surface area contributed by atoms with Gasteiger partial charge in [-0.3, -0.25) is 0 Å². The van der Waals surface area contributed by atoms with Gasteiger partial charge < -0.3 is 9.84 Å². The van der Waals surface area contributed by atoms with Crippen molar-refractivity contribution in [3.63, 3.8) is 0 Å². The molecule has 0 bridgehead atoms. The Bertz CT molecular complexity index is 491. The van der Waals surface area contributed by atoms with Crippen LogP contribution in [0.2, 0.25) is 0 Å². The molecule has 1 aliphatic heterocycles. The van der Waals surface area contributed by atoms with Gasteiger partial charge in [0.2, 0.25) is 6.10 Å². The standard InChI is InChI=1S/C11H7F3O3/c12-11(13,14)9-7(10(15)16)5-6-3-1-2-4-8(6)17-9/h1-5,9H,(H,15,16)/t9-/m1/s1. The van der Waals surface area contributed by atoms with Crippen LogP contribution >= 0.6 is 0 Å². The fourth-order valence-corrected chi connectivity index (χ4v) is 1.56. The molecule has 1 aromatic rings. The van der Waals surface area contributed by atoms with E-state index in [0.29, 0.717) is 5.56 Å². The summed E-state index contributed by atoms with van der Waals surface area (Å²) in [6.45, 7) is 0. The Labute approximate surface area is 94.1 Å². The summed E-state index contributed by atoms with van der Waals surface area (Å²) in [5.74, 6) is -1.61. The summed E-state index contributed by atoms with van der Waals surface area (Å²) in [6, 6.07) is 5.96. The lowest BCUT2D eigenvalue weighted by Crippen LogP contribution is -2.40. The summed E-state index contributed by atoms with van der Waals surface area (Å²) < 4.78 is 42.5. The van der Waals surface area contributed by atoms with Gasteiger partial charge in [0.25, 0.3) is 0 Å². The Kier molecular flexibility index (Phi) is 2.57. The topological polar surface area (TPSA) is 46.5 Å². The maximum absolute atomic E-state index is 12.6. The highest BCUT2D eigenvalue weighted by Crippen LogP contribution is 2.36. The molecule has 17 heavy (non-hydrogen) atoms. The molecule has 0 saturated carbocycles. The molecule has 2 rings (SSSR count). The average Bonchev–Trinajstić information content (AvgIpc) is 2.26. The number of aliphatic carboxylic acids is 1. The smallest absolute Gasteiger partial charge is 0.430 e. The summed E-state index contributed by atoms with van der Waals surface area (Å²) >= 11 is 0. The summed E-state index contributed by atoms with van der Waals surface area (Å²) in [5.41, 5.74) is -0.485. The third-order valence-corrected chi connectivity index (χ3v) is 2.30. The molecule has 0 saturated heterocycles. The van der Waals surface area contributed by atoms with E-state index in [-0.39, 0.29) is 5.75 Å². The normalized spacial score (nSPS) is 19.0. The molecule has 0 unspecified atom stereocenters. The Hall–Kier alpha value is -1.98. The van der Waals surface area contributed by atoms with Gasteiger partial charge in [-0.15, -0.1) is 0 Å². The highest BCUT2D eigenvalue weighted by atomic mass is 19.4. The molecule has 1 aliphatic rings. The number of rotatable bonds is 1. The van der Waals surface area contributed by atoms with Crippen LogP contribution in [0.25, 0.3) is 6.08 Å². The molecule has 1 heterocycles. The first-order valence-electron chi connectivity index (χ1n) is 4.67. The quantitative estimate of drug-likeness (QED) is 0.825. The van der Waals surface area contributed by atoms with Gasteiger partial charge in [0, 0.05) is 5.56 Å². The number of para-hydroxylation sites is 1. The van der Waals surface area contributed by atoms with E-state index in [0.717, 1.165) is 6.08 Å². The third-order valence-electron chi connectivity index (χ3n) is 2.30. The Balaban J connectivity index is 2.51. The SMILES string of the molecule is O=C(O)C1=Cc2ccccc2O[C@H]1C(F)(F)F. The maximum Gasteiger partial charge on any atom is 0.430 e. The number of carboxylic acids is 1. The van der Waals surface area contributed by atoms with Crippen LogP contribution in [0.5, 0.6) is 5.75 Å². The second-order valence-corrected chi connectivity index (χ2v) is 3.48. The number of carboxylic acid groups (broad SMARTS) is 1. The molecule has 0 amide bonds. The number of hydrogen-bond donors (Lipinski definition) is 1. The lowest BCUT2D eigenvalue weighted by atomic mass is 10.0. The zero-order valence-corrected chi connectivity index (χ0v) is 8.36. The molecule has 1 aromatic carbocycles. The van der Waals surface area contributed by atoms with E-state index < -0.39 is 23.8 Å². The number of hydrogen-bond acceptors (Lipinski definition) is 2. The molecular weight excluding hydrogens is 237 g/mol. The Morgan fingerprint density at radius 2 is 1.94 bits per heavy atom. The van der Waals surface area contributed by atoms with Gasteiger partial charge in [-0.1, -0.05) is 18.2 Å². The molecule has 0 aromatic heterocycles. The predicted octanol–water partition coefficient (Wildman–Crippen LogP) is 2.48. The van der Waals surface area contributed by atoms with Crippen molar-refractivity contribution >= 4 is 12.0 Å². The number of carbonyl (C=O) groups is 1. The largest absolute Gasteiger partial charge is 0.478 e. The fourth-order valence-electron chi connectivity index (χ4n) is 1.56. The van der Waals surface area contributed by atoms with E-state index in [4.69, 9.17) is 9.84 Å². The molecule has 90 valence electrons. The lowest BCUT2D eigenvalue weighted by Gasteiger charge is -2.26. The van der Waals surface area contributed by atoms with Crippen LogP contribution in [-0.4, -0.2) is 23.4 Å². The molecule has 0 fully saturated rings. The number of ether oxygens (including phenoxy) is 1. The first-order valence-corrected chi connectivity index (χ1v) is 4.67. The van der Waals surface area contributed by atoms with Crippen LogP contribution in [0.15, 0.2) is 29.8 Å². The zero-order chi connectivity index (χ0) is 12.6. The molecule has 0 spiro atoms. The molecular formula is C11H7F3O3. The summed E-state index contributed by atoms with van der Waals surface area (Å²) in [5, 5.41) is 8.75.